The average molecular weight is 284 g/mol. The van der Waals surface area contributed by atoms with Crippen LogP contribution in [0.4, 0.5) is 0 Å². The fourth-order valence-electron chi connectivity index (χ4n) is 2.11. The standard InChI is InChI=1S/C16H20N4O/c1-13-5-2-9-19-15(13)16(21)20(10-4-7-17)12-14-6-3-8-18-11-14/h2-3,5-6,8-9,11H,4,7,10,12,17H2,1H3. The summed E-state index contributed by atoms with van der Waals surface area (Å²) in [4.78, 5) is 22.8. The highest BCUT2D eigenvalue weighted by molar-refractivity contribution is 5.93. The Morgan fingerprint density at radius 3 is 2.76 bits per heavy atom. The van der Waals surface area contributed by atoms with Crippen molar-refractivity contribution in [3.05, 3.63) is 59.7 Å². The Labute approximate surface area is 124 Å². The van der Waals surface area contributed by atoms with Gasteiger partial charge in [-0.15, -0.1) is 0 Å². The Balaban J connectivity index is 2.19. The number of hydrogen-bond acceptors (Lipinski definition) is 4. The van der Waals surface area contributed by atoms with Crippen molar-refractivity contribution in [3.63, 3.8) is 0 Å². The van der Waals surface area contributed by atoms with Crippen LogP contribution in [-0.4, -0.2) is 33.9 Å². The predicted octanol–water partition coefficient (Wildman–Crippen LogP) is 1.78. The summed E-state index contributed by atoms with van der Waals surface area (Å²) in [6.07, 6.45) is 5.90. The van der Waals surface area contributed by atoms with Crippen LogP contribution in [0.1, 0.15) is 28.0 Å². The van der Waals surface area contributed by atoms with E-state index in [1.807, 2.05) is 31.2 Å². The van der Waals surface area contributed by atoms with Gasteiger partial charge >= 0.3 is 0 Å². The van der Waals surface area contributed by atoms with E-state index in [4.69, 9.17) is 5.73 Å². The average Bonchev–Trinajstić information content (AvgIpc) is 2.52. The molecule has 0 aromatic carbocycles. The van der Waals surface area contributed by atoms with Crippen molar-refractivity contribution >= 4 is 5.91 Å². The van der Waals surface area contributed by atoms with Crippen molar-refractivity contribution < 1.29 is 4.79 Å². The van der Waals surface area contributed by atoms with Crippen molar-refractivity contribution in [1.82, 2.24) is 14.9 Å². The first-order valence-corrected chi connectivity index (χ1v) is 7.02. The molecule has 0 unspecified atom stereocenters. The van der Waals surface area contributed by atoms with Crippen LogP contribution in [0, 0.1) is 6.92 Å². The first kappa shape index (κ1) is 15.1. The molecule has 110 valence electrons. The smallest absolute Gasteiger partial charge is 0.273 e. The third-order valence-corrected chi connectivity index (χ3v) is 3.23. The normalized spacial score (nSPS) is 10.4. The summed E-state index contributed by atoms with van der Waals surface area (Å²) >= 11 is 0. The molecule has 5 heteroatoms. The van der Waals surface area contributed by atoms with Gasteiger partial charge in [0, 0.05) is 31.7 Å². The quantitative estimate of drug-likeness (QED) is 0.877. The van der Waals surface area contributed by atoms with Gasteiger partial charge in [0.15, 0.2) is 0 Å². The van der Waals surface area contributed by atoms with E-state index >= 15 is 0 Å². The molecule has 0 saturated carbocycles. The van der Waals surface area contributed by atoms with Gasteiger partial charge in [0.25, 0.3) is 5.91 Å². The first-order chi connectivity index (χ1) is 10.2. The van der Waals surface area contributed by atoms with Crippen LogP contribution < -0.4 is 5.73 Å². The molecule has 2 aromatic rings. The van der Waals surface area contributed by atoms with E-state index in [-0.39, 0.29) is 5.91 Å². The first-order valence-electron chi connectivity index (χ1n) is 7.02. The van der Waals surface area contributed by atoms with E-state index < -0.39 is 0 Å². The van der Waals surface area contributed by atoms with Crippen LogP contribution in [0.5, 0.6) is 0 Å². The summed E-state index contributed by atoms with van der Waals surface area (Å²) in [5, 5.41) is 0. The number of carbonyl (C=O) groups excluding carboxylic acids is 1. The number of aryl methyl sites for hydroxylation is 1. The SMILES string of the molecule is Cc1cccnc1C(=O)N(CCCN)Cc1cccnc1. The van der Waals surface area contributed by atoms with Crippen molar-refractivity contribution in [2.24, 2.45) is 5.73 Å². The molecule has 1 amide bonds. The summed E-state index contributed by atoms with van der Waals surface area (Å²) in [5.41, 5.74) is 7.95. The lowest BCUT2D eigenvalue weighted by Gasteiger charge is -2.22. The van der Waals surface area contributed by atoms with Gasteiger partial charge in [0.05, 0.1) is 0 Å². The molecule has 0 saturated heterocycles. The van der Waals surface area contributed by atoms with E-state index in [9.17, 15) is 4.79 Å². The number of pyridine rings is 2. The molecule has 2 N–H and O–H groups in total. The molecule has 2 rings (SSSR count). The van der Waals surface area contributed by atoms with Crippen molar-refractivity contribution in [3.8, 4) is 0 Å². The number of rotatable bonds is 6. The maximum Gasteiger partial charge on any atom is 0.273 e. The lowest BCUT2D eigenvalue weighted by Crippen LogP contribution is -2.33. The molecule has 0 radical (unpaired) electrons. The maximum atomic E-state index is 12.7. The Bertz CT molecular complexity index is 586. The van der Waals surface area contributed by atoms with Crippen LogP contribution in [-0.2, 0) is 6.54 Å². The van der Waals surface area contributed by atoms with E-state index in [1.54, 1.807) is 23.5 Å². The van der Waals surface area contributed by atoms with Crippen LogP contribution in [0.15, 0.2) is 42.9 Å². The zero-order chi connectivity index (χ0) is 15.1. The number of amides is 1. The topological polar surface area (TPSA) is 72.1 Å². The lowest BCUT2D eigenvalue weighted by molar-refractivity contribution is 0.0735. The minimum atomic E-state index is -0.0644. The second kappa shape index (κ2) is 7.50. The molecule has 0 atom stereocenters. The number of hydrogen-bond donors (Lipinski definition) is 1. The van der Waals surface area contributed by atoms with Gasteiger partial charge in [0.2, 0.25) is 0 Å². The van der Waals surface area contributed by atoms with E-state index in [2.05, 4.69) is 9.97 Å². The molecule has 5 nitrogen and oxygen atoms in total. The second-order valence-electron chi connectivity index (χ2n) is 4.90. The van der Waals surface area contributed by atoms with Gasteiger partial charge in [0.1, 0.15) is 5.69 Å². The van der Waals surface area contributed by atoms with Crippen molar-refractivity contribution in [2.75, 3.05) is 13.1 Å². The predicted molar refractivity (Wildman–Crippen MR) is 81.6 cm³/mol. The highest BCUT2D eigenvalue weighted by Gasteiger charge is 2.18. The Morgan fingerprint density at radius 2 is 2.10 bits per heavy atom. The zero-order valence-corrected chi connectivity index (χ0v) is 12.2. The van der Waals surface area contributed by atoms with Gasteiger partial charge in [-0.25, -0.2) is 0 Å². The summed E-state index contributed by atoms with van der Waals surface area (Å²) in [5.74, 6) is -0.0644. The molecule has 2 heterocycles. The minimum Gasteiger partial charge on any atom is -0.333 e. The largest absolute Gasteiger partial charge is 0.333 e. The van der Waals surface area contributed by atoms with E-state index in [0.29, 0.717) is 25.3 Å². The second-order valence-corrected chi connectivity index (χ2v) is 4.90. The molecule has 0 spiro atoms. The minimum absolute atomic E-state index is 0.0644. The maximum absolute atomic E-state index is 12.7. The van der Waals surface area contributed by atoms with Crippen LogP contribution in [0.3, 0.4) is 0 Å². The fraction of sp³-hybridized carbons (Fsp3) is 0.312. The van der Waals surface area contributed by atoms with Crippen LogP contribution in [0.25, 0.3) is 0 Å². The van der Waals surface area contributed by atoms with E-state index in [0.717, 1.165) is 17.5 Å². The Kier molecular flexibility index (Phi) is 5.40. The lowest BCUT2D eigenvalue weighted by atomic mass is 10.1. The molecule has 0 aliphatic heterocycles. The number of carbonyl (C=O) groups is 1. The summed E-state index contributed by atoms with van der Waals surface area (Å²) in [6.45, 7) is 3.58. The summed E-state index contributed by atoms with van der Waals surface area (Å²) < 4.78 is 0. The van der Waals surface area contributed by atoms with E-state index in [1.165, 1.54) is 0 Å². The third-order valence-electron chi connectivity index (χ3n) is 3.23. The van der Waals surface area contributed by atoms with Crippen molar-refractivity contribution in [2.45, 2.75) is 19.9 Å². The Hall–Kier alpha value is -2.27. The molecule has 0 aliphatic rings. The van der Waals surface area contributed by atoms with Gasteiger partial charge in [-0.2, -0.15) is 0 Å². The monoisotopic (exact) mass is 284 g/mol. The Morgan fingerprint density at radius 1 is 1.29 bits per heavy atom. The van der Waals surface area contributed by atoms with Crippen molar-refractivity contribution in [1.29, 1.82) is 0 Å². The molecular formula is C16H20N4O. The molecule has 2 aromatic heterocycles. The van der Waals surface area contributed by atoms with Crippen LogP contribution >= 0.6 is 0 Å². The van der Waals surface area contributed by atoms with Gasteiger partial charge in [-0.1, -0.05) is 12.1 Å². The van der Waals surface area contributed by atoms with Gasteiger partial charge in [-0.05, 0) is 43.1 Å². The summed E-state index contributed by atoms with van der Waals surface area (Å²) in [6, 6.07) is 7.55. The number of nitrogens with zero attached hydrogens (tertiary/aromatic N) is 3. The molecular weight excluding hydrogens is 264 g/mol. The van der Waals surface area contributed by atoms with Gasteiger partial charge < -0.3 is 10.6 Å². The molecule has 0 aliphatic carbocycles. The molecule has 21 heavy (non-hydrogen) atoms. The molecule has 0 bridgehead atoms. The molecule has 0 fully saturated rings. The number of aromatic nitrogens is 2. The summed E-state index contributed by atoms with van der Waals surface area (Å²) in [7, 11) is 0. The zero-order valence-electron chi connectivity index (χ0n) is 12.2. The third kappa shape index (κ3) is 4.10. The number of nitrogens with two attached hydrogens (primary N) is 1. The van der Waals surface area contributed by atoms with Gasteiger partial charge in [-0.3, -0.25) is 14.8 Å². The fourth-order valence-corrected chi connectivity index (χ4v) is 2.11. The van der Waals surface area contributed by atoms with Crippen LogP contribution in [0.2, 0.25) is 0 Å². The highest BCUT2D eigenvalue weighted by Crippen LogP contribution is 2.11. The highest BCUT2D eigenvalue weighted by atomic mass is 16.2.